The van der Waals surface area contributed by atoms with Crippen molar-refractivity contribution in [2.75, 3.05) is 11.9 Å². The van der Waals surface area contributed by atoms with E-state index in [0.717, 1.165) is 37.3 Å². The molecule has 0 spiro atoms. The third-order valence-corrected chi connectivity index (χ3v) is 4.67. The quantitative estimate of drug-likeness (QED) is 0.707. The number of benzene rings is 1. The molecule has 0 radical (unpaired) electrons. The first-order valence-electron chi connectivity index (χ1n) is 9.19. The van der Waals surface area contributed by atoms with Gasteiger partial charge in [0, 0.05) is 37.2 Å². The lowest BCUT2D eigenvalue weighted by Gasteiger charge is -2.07. The fourth-order valence-electron chi connectivity index (χ4n) is 3.31. The van der Waals surface area contributed by atoms with Crippen molar-refractivity contribution in [2.45, 2.75) is 38.8 Å². The first kappa shape index (κ1) is 20.0. The smallest absolute Gasteiger partial charge is 0.246 e. The molecule has 0 atom stereocenters. The monoisotopic (exact) mass is 402 g/mol. The largest absolute Gasteiger partial charge is 0.326 e. The Labute approximate surface area is 169 Å². The topological polar surface area (TPSA) is 100 Å². The van der Waals surface area contributed by atoms with Crippen LogP contribution in [-0.4, -0.2) is 33.9 Å². The van der Waals surface area contributed by atoms with Gasteiger partial charge in [-0.15, -0.1) is 12.4 Å². The molecule has 0 bridgehead atoms. The lowest BCUT2D eigenvalue weighted by Crippen LogP contribution is -2.13. The standard InChI is InChI=1S/C19H22N6O2.ClH/c26-18(6-5-15-10-16-12-20-7-2-8-25(16)24-15)21-14-4-1-3-13(9-14)17-11-19(27)23-22-17;/h1,3-4,9-10,20H,2,5-8,11-12H2,(H,21,26)(H,23,27);1H. The number of amides is 2. The molecule has 2 amide bonds. The van der Waals surface area contributed by atoms with E-state index in [4.69, 9.17) is 0 Å². The number of rotatable bonds is 5. The second-order valence-corrected chi connectivity index (χ2v) is 6.78. The summed E-state index contributed by atoms with van der Waals surface area (Å²) in [6, 6.07) is 9.46. The number of fused-ring (bicyclic) bond motifs is 1. The summed E-state index contributed by atoms with van der Waals surface area (Å²) in [6.07, 6.45) is 2.31. The number of aromatic nitrogens is 2. The van der Waals surface area contributed by atoms with Crippen molar-refractivity contribution in [3.8, 4) is 0 Å². The van der Waals surface area contributed by atoms with Crippen molar-refractivity contribution >= 4 is 35.6 Å². The van der Waals surface area contributed by atoms with Gasteiger partial charge in [0.15, 0.2) is 0 Å². The van der Waals surface area contributed by atoms with E-state index in [1.54, 1.807) is 0 Å². The zero-order valence-electron chi connectivity index (χ0n) is 15.4. The Hall–Kier alpha value is -2.71. The van der Waals surface area contributed by atoms with Gasteiger partial charge in [-0.3, -0.25) is 14.3 Å². The van der Waals surface area contributed by atoms with E-state index in [1.165, 1.54) is 5.69 Å². The molecule has 2 aliphatic rings. The van der Waals surface area contributed by atoms with Crippen molar-refractivity contribution in [3.05, 3.63) is 47.3 Å². The Balaban J connectivity index is 0.00000225. The van der Waals surface area contributed by atoms with Gasteiger partial charge in [-0.2, -0.15) is 10.2 Å². The van der Waals surface area contributed by atoms with Gasteiger partial charge < -0.3 is 10.6 Å². The predicted octanol–water partition coefficient (Wildman–Crippen LogP) is 1.59. The molecular formula is C19H23ClN6O2. The lowest BCUT2D eigenvalue weighted by molar-refractivity contribution is -0.119. The summed E-state index contributed by atoms with van der Waals surface area (Å²) in [5.74, 6) is -0.177. The fourth-order valence-corrected chi connectivity index (χ4v) is 3.31. The number of nitrogens with zero attached hydrogens (tertiary/aromatic N) is 3. The van der Waals surface area contributed by atoms with Crippen molar-refractivity contribution in [1.29, 1.82) is 0 Å². The molecular weight excluding hydrogens is 380 g/mol. The molecule has 3 N–H and O–H groups in total. The van der Waals surface area contributed by atoms with Gasteiger partial charge in [-0.25, -0.2) is 5.43 Å². The number of halogens is 1. The van der Waals surface area contributed by atoms with Gasteiger partial charge in [-0.05, 0) is 31.2 Å². The first-order chi connectivity index (χ1) is 13.2. The van der Waals surface area contributed by atoms with Crippen LogP contribution in [0.1, 0.15) is 36.2 Å². The van der Waals surface area contributed by atoms with Crippen LogP contribution in [0, 0.1) is 0 Å². The molecule has 0 unspecified atom stereocenters. The molecule has 2 aliphatic heterocycles. The minimum absolute atomic E-state index is 0. The number of aryl methyl sites for hydroxylation is 2. The summed E-state index contributed by atoms with van der Waals surface area (Å²) in [5.41, 5.74) is 6.78. The highest BCUT2D eigenvalue weighted by Crippen LogP contribution is 2.16. The van der Waals surface area contributed by atoms with Crippen molar-refractivity contribution < 1.29 is 9.59 Å². The van der Waals surface area contributed by atoms with Crippen molar-refractivity contribution in [2.24, 2.45) is 5.10 Å². The molecule has 8 nitrogen and oxygen atoms in total. The lowest BCUT2D eigenvalue weighted by atomic mass is 10.1. The number of hydrogen-bond acceptors (Lipinski definition) is 5. The maximum absolute atomic E-state index is 12.3. The Morgan fingerprint density at radius 3 is 3.00 bits per heavy atom. The molecule has 1 aromatic carbocycles. The summed E-state index contributed by atoms with van der Waals surface area (Å²) in [6.45, 7) is 2.76. The second kappa shape index (κ2) is 8.99. The summed E-state index contributed by atoms with van der Waals surface area (Å²) in [5, 5.41) is 14.9. The minimum Gasteiger partial charge on any atom is -0.326 e. The van der Waals surface area contributed by atoms with Crippen LogP contribution in [0.3, 0.4) is 0 Å². The van der Waals surface area contributed by atoms with E-state index < -0.39 is 0 Å². The van der Waals surface area contributed by atoms with Crippen LogP contribution in [0.5, 0.6) is 0 Å². The molecule has 28 heavy (non-hydrogen) atoms. The van der Waals surface area contributed by atoms with Crippen LogP contribution in [0.4, 0.5) is 5.69 Å². The van der Waals surface area contributed by atoms with Crippen LogP contribution >= 0.6 is 12.4 Å². The highest BCUT2D eigenvalue weighted by atomic mass is 35.5. The van der Waals surface area contributed by atoms with E-state index in [0.29, 0.717) is 24.2 Å². The summed E-state index contributed by atoms with van der Waals surface area (Å²) >= 11 is 0. The SMILES string of the molecule is Cl.O=C1CC(c2cccc(NC(=O)CCc3cc4n(n3)CCCNC4)c2)=NN1. The van der Waals surface area contributed by atoms with Gasteiger partial charge in [0.2, 0.25) is 11.8 Å². The van der Waals surface area contributed by atoms with Crippen LogP contribution in [0.25, 0.3) is 0 Å². The van der Waals surface area contributed by atoms with E-state index in [1.807, 2.05) is 28.9 Å². The highest BCUT2D eigenvalue weighted by molar-refractivity contribution is 6.14. The molecule has 0 aliphatic carbocycles. The van der Waals surface area contributed by atoms with Gasteiger partial charge in [0.25, 0.3) is 0 Å². The number of carbonyl (C=O) groups excluding carboxylic acids is 2. The number of hydrogen-bond donors (Lipinski definition) is 3. The maximum atomic E-state index is 12.3. The molecule has 3 heterocycles. The Morgan fingerprint density at radius 2 is 2.18 bits per heavy atom. The molecule has 1 aromatic heterocycles. The molecule has 148 valence electrons. The number of nitrogens with one attached hydrogen (secondary N) is 3. The Bertz CT molecular complexity index is 884. The molecule has 0 saturated carbocycles. The zero-order chi connectivity index (χ0) is 18.6. The zero-order valence-corrected chi connectivity index (χ0v) is 16.2. The number of carbonyl (C=O) groups is 2. The van der Waals surface area contributed by atoms with Gasteiger partial charge in [0.1, 0.15) is 0 Å². The van der Waals surface area contributed by atoms with Gasteiger partial charge in [-0.1, -0.05) is 12.1 Å². The minimum atomic E-state index is -0.117. The van der Waals surface area contributed by atoms with Gasteiger partial charge >= 0.3 is 0 Å². The predicted molar refractivity (Wildman–Crippen MR) is 108 cm³/mol. The van der Waals surface area contributed by atoms with E-state index in [-0.39, 0.29) is 30.6 Å². The Morgan fingerprint density at radius 1 is 1.29 bits per heavy atom. The van der Waals surface area contributed by atoms with Crippen LogP contribution in [0.2, 0.25) is 0 Å². The summed E-state index contributed by atoms with van der Waals surface area (Å²) in [7, 11) is 0. The van der Waals surface area contributed by atoms with Crippen LogP contribution in [0.15, 0.2) is 35.4 Å². The normalized spacial score (nSPS) is 15.7. The van der Waals surface area contributed by atoms with E-state index in [2.05, 4.69) is 32.3 Å². The fraction of sp³-hybridized carbons (Fsp3) is 0.368. The first-order valence-corrected chi connectivity index (χ1v) is 9.19. The third kappa shape index (κ3) is 4.76. The number of anilines is 1. The summed E-state index contributed by atoms with van der Waals surface area (Å²) < 4.78 is 2.04. The molecule has 0 saturated heterocycles. The molecule has 2 aromatic rings. The van der Waals surface area contributed by atoms with Crippen molar-refractivity contribution in [3.63, 3.8) is 0 Å². The van der Waals surface area contributed by atoms with E-state index in [9.17, 15) is 9.59 Å². The average Bonchev–Trinajstić information content (AvgIpc) is 3.20. The molecule has 9 heteroatoms. The van der Waals surface area contributed by atoms with Crippen LogP contribution in [-0.2, 0) is 29.1 Å². The Kier molecular flexibility index (Phi) is 6.43. The molecule has 4 rings (SSSR count). The second-order valence-electron chi connectivity index (χ2n) is 6.78. The van der Waals surface area contributed by atoms with Gasteiger partial charge in [0.05, 0.1) is 23.5 Å². The average molecular weight is 403 g/mol. The molecule has 0 fully saturated rings. The maximum Gasteiger partial charge on any atom is 0.246 e. The summed E-state index contributed by atoms with van der Waals surface area (Å²) in [4.78, 5) is 23.6. The third-order valence-electron chi connectivity index (χ3n) is 4.67. The number of hydrazone groups is 1. The van der Waals surface area contributed by atoms with Crippen LogP contribution < -0.4 is 16.1 Å². The van der Waals surface area contributed by atoms with Crippen molar-refractivity contribution in [1.82, 2.24) is 20.5 Å². The van der Waals surface area contributed by atoms with E-state index >= 15 is 0 Å². The highest BCUT2D eigenvalue weighted by Gasteiger charge is 2.17.